The van der Waals surface area contributed by atoms with E-state index in [2.05, 4.69) is 29.1 Å². The highest BCUT2D eigenvalue weighted by molar-refractivity contribution is 6.04. The van der Waals surface area contributed by atoms with Gasteiger partial charge in [0.05, 0.1) is 30.2 Å². The first kappa shape index (κ1) is 26.7. The molecule has 3 aromatic heterocycles. The van der Waals surface area contributed by atoms with Gasteiger partial charge in [-0.25, -0.2) is 9.67 Å². The lowest BCUT2D eigenvalue weighted by atomic mass is 10.1. The van der Waals surface area contributed by atoms with Crippen LogP contribution in [0.3, 0.4) is 0 Å². The molecule has 2 aromatic carbocycles. The van der Waals surface area contributed by atoms with Crippen LogP contribution in [0.1, 0.15) is 36.3 Å². The third kappa shape index (κ3) is 5.44. The molecular weight excluding hydrogens is 506 g/mol. The summed E-state index contributed by atoms with van der Waals surface area (Å²) < 4.78 is 14.8. The Labute approximate surface area is 232 Å². The molecule has 1 amide bonds. The standard InChI is InChI=1S/C31H31N5O4/c1-20(2)15-17-35-21(3)29(31(38)36(35)22-8-6-5-7-9-22)30(37)34-28-13-11-24(19-33-28)40-27-14-16-32-26-18-23(39-4)10-12-25(26)27/h5-14,16,18-20H,15,17H2,1-4H3,(H,33,34,37). The Morgan fingerprint density at radius 1 is 1.00 bits per heavy atom. The molecular formula is C31H31N5O4. The number of amides is 1. The van der Waals surface area contributed by atoms with Gasteiger partial charge in [-0.05, 0) is 61.7 Å². The molecule has 0 aliphatic heterocycles. The summed E-state index contributed by atoms with van der Waals surface area (Å²) in [4.78, 5) is 35.6. The van der Waals surface area contributed by atoms with Crippen LogP contribution in [0.15, 0.2) is 83.9 Å². The second-order valence-corrected chi connectivity index (χ2v) is 9.85. The molecule has 0 aliphatic rings. The van der Waals surface area contributed by atoms with Crippen LogP contribution in [-0.2, 0) is 6.54 Å². The lowest BCUT2D eigenvalue weighted by Gasteiger charge is -2.14. The number of benzene rings is 2. The summed E-state index contributed by atoms with van der Waals surface area (Å²) in [6, 6.07) is 20.0. The molecule has 0 atom stereocenters. The number of methoxy groups -OCH3 is 1. The van der Waals surface area contributed by atoms with E-state index in [9.17, 15) is 9.59 Å². The Morgan fingerprint density at radius 3 is 2.48 bits per heavy atom. The fourth-order valence-electron chi connectivity index (χ4n) is 4.52. The van der Waals surface area contributed by atoms with Gasteiger partial charge < -0.3 is 14.8 Å². The minimum atomic E-state index is -0.509. The summed E-state index contributed by atoms with van der Waals surface area (Å²) in [5, 5.41) is 3.60. The van der Waals surface area contributed by atoms with Gasteiger partial charge in [-0.1, -0.05) is 32.0 Å². The van der Waals surface area contributed by atoms with Crippen LogP contribution in [0.2, 0.25) is 0 Å². The van der Waals surface area contributed by atoms with Gasteiger partial charge in [-0.3, -0.25) is 19.3 Å². The number of pyridine rings is 2. The van der Waals surface area contributed by atoms with Gasteiger partial charge >= 0.3 is 0 Å². The van der Waals surface area contributed by atoms with Gasteiger partial charge in [0.25, 0.3) is 11.5 Å². The Hall–Kier alpha value is -4.92. The topological polar surface area (TPSA) is 100 Å². The van der Waals surface area contributed by atoms with E-state index in [-0.39, 0.29) is 11.1 Å². The number of para-hydroxylation sites is 1. The maximum Gasteiger partial charge on any atom is 0.284 e. The summed E-state index contributed by atoms with van der Waals surface area (Å²) in [6.45, 7) is 6.67. The second-order valence-electron chi connectivity index (χ2n) is 9.85. The van der Waals surface area contributed by atoms with Crippen molar-refractivity contribution < 1.29 is 14.3 Å². The average molecular weight is 538 g/mol. The predicted molar refractivity (Wildman–Crippen MR) is 155 cm³/mol. The first-order valence-corrected chi connectivity index (χ1v) is 13.1. The summed E-state index contributed by atoms with van der Waals surface area (Å²) in [6.07, 6.45) is 4.05. The monoisotopic (exact) mass is 537 g/mol. The summed E-state index contributed by atoms with van der Waals surface area (Å²) in [5.41, 5.74) is 1.78. The van der Waals surface area contributed by atoms with Crippen LogP contribution >= 0.6 is 0 Å². The lowest BCUT2D eigenvalue weighted by molar-refractivity contribution is 0.102. The molecule has 0 saturated heterocycles. The first-order chi connectivity index (χ1) is 19.4. The largest absolute Gasteiger partial charge is 0.497 e. The molecule has 3 heterocycles. The third-order valence-corrected chi connectivity index (χ3v) is 6.66. The van der Waals surface area contributed by atoms with Crippen molar-refractivity contribution in [1.82, 2.24) is 19.3 Å². The fourth-order valence-corrected chi connectivity index (χ4v) is 4.52. The van der Waals surface area contributed by atoms with Gasteiger partial charge in [0.1, 0.15) is 28.6 Å². The number of aromatic nitrogens is 4. The molecule has 0 spiro atoms. The zero-order valence-corrected chi connectivity index (χ0v) is 22.9. The number of hydrogen-bond acceptors (Lipinski definition) is 6. The Kier molecular flexibility index (Phi) is 7.63. The third-order valence-electron chi connectivity index (χ3n) is 6.66. The van der Waals surface area contributed by atoms with Crippen molar-refractivity contribution >= 4 is 22.6 Å². The van der Waals surface area contributed by atoms with Crippen molar-refractivity contribution in [2.75, 3.05) is 12.4 Å². The van der Waals surface area contributed by atoms with Crippen molar-refractivity contribution in [2.24, 2.45) is 5.92 Å². The maximum absolute atomic E-state index is 13.5. The summed E-state index contributed by atoms with van der Waals surface area (Å²) in [5.74, 6) is 2.05. The van der Waals surface area contributed by atoms with E-state index in [1.807, 2.05) is 53.2 Å². The van der Waals surface area contributed by atoms with Gasteiger partial charge in [0, 0.05) is 24.2 Å². The highest BCUT2D eigenvalue weighted by Gasteiger charge is 2.24. The van der Waals surface area contributed by atoms with Crippen LogP contribution in [-0.4, -0.2) is 32.3 Å². The molecule has 0 bridgehead atoms. The van der Waals surface area contributed by atoms with Crippen molar-refractivity contribution in [2.45, 2.75) is 33.7 Å². The molecule has 9 nitrogen and oxygen atoms in total. The highest BCUT2D eigenvalue weighted by Crippen LogP contribution is 2.30. The van der Waals surface area contributed by atoms with E-state index in [0.717, 1.165) is 17.3 Å². The van der Waals surface area contributed by atoms with Gasteiger partial charge in [-0.15, -0.1) is 0 Å². The van der Waals surface area contributed by atoms with Crippen molar-refractivity contribution in [3.05, 3.63) is 101 Å². The molecule has 1 N–H and O–H groups in total. The Balaban J connectivity index is 1.38. The molecule has 0 radical (unpaired) electrons. The van der Waals surface area contributed by atoms with Gasteiger partial charge in [0.2, 0.25) is 0 Å². The number of carbonyl (C=O) groups excluding carboxylic acids is 1. The molecule has 40 heavy (non-hydrogen) atoms. The van der Waals surface area contributed by atoms with Crippen molar-refractivity contribution in [1.29, 1.82) is 0 Å². The maximum atomic E-state index is 13.5. The molecule has 0 unspecified atom stereocenters. The molecule has 0 fully saturated rings. The van der Waals surface area contributed by atoms with Gasteiger partial charge in [-0.2, -0.15) is 0 Å². The average Bonchev–Trinajstić information content (AvgIpc) is 3.21. The first-order valence-electron chi connectivity index (χ1n) is 13.1. The lowest BCUT2D eigenvalue weighted by Crippen LogP contribution is -2.26. The molecule has 204 valence electrons. The van der Waals surface area contributed by atoms with Crippen LogP contribution < -0.4 is 20.3 Å². The van der Waals surface area contributed by atoms with Crippen molar-refractivity contribution in [3.8, 4) is 22.9 Å². The zero-order chi connectivity index (χ0) is 28.2. The zero-order valence-electron chi connectivity index (χ0n) is 22.9. The fraction of sp³-hybridized carbons (Fsp3) is 0.226. The van der Waals surface area contributed by atoms with E-state index in [0.29, 0.717) is 46.9 Å². The molecule has 5 rings (SSSR count). The van der Waals surface area contributed by atoms with Crippen LogP contribution in [0.4, 0.5) is 5.82 Å². The van der Waals surface area contributed by atoms with E-state index >= 15 is 0 Å². The number of hydrogen-bond donors (Lipinski definition) is 1. The van der Waals surface area contributed by atoms with E-state index in [1.54, 1.807) is 43.1 Å². The normalized spacial score (nSPS) is 11.1. The number of nitrogens with one attached hydrogen (secondary N) is 1. The van der Waals surface area contributed by atoms with Gasteiger partial charge in [0.15, 0.2) is 0 Å². The number of carbonyl (C=O) groups is 1. The molecule has 9 heteroatoms. The number of nitrogens with zero attached hydrogens (tertiary/aromatic N) is 4. The number of rotatable bonds is 9. The molecule has 5 aromatic rings. The molecule has 0 aliphatic carbocycles. The predicted octanol–water partition coefficient (Wildman–Crippen LogP) is 5.99. The Morgan fingerprint density at radius 2 is 1.77 bits per heavy atom. The SMILES string of the molecule is COc1ccc2c(Oc3ccc(NC(=O)c4c(C)n(CCC(C)C)n(-c5ccccc5)c4=O)nc3)ccnc2c1. The minimum absolute atomic E-state index is 0.0911. The Bertz CT molecular complexity index is 1710. The van der Waals surface area contributed by atoms with E-state index < -0.39 is 5.91 Å². The smallest absolute Gasteiger partial charge is 0.284 e. The van der Waals surface area contributed by atoms with Crippen LogP contribution in [0.25, 0.3) is 16.6 Å². The van der Waals surface area contributed by atoms with E-state index in [1.165, 1.54) is 6.20 Å². The minimum Gasteiger partial charge on any atom is -0.497 e. The number of fused-ring (bicyclic) bond motifs is 1. The molecule has 0 saturated carbocycles. The number of anilines is 1. The van der Waals surface area contributed by atoms with Crippen molar-refractivity contribution in [3.63, 3.8) is 0 Å². The quantitative estimate of drug-likeness (QED) is 0.248. The van der Waals surface area contributed by atoms with Crippen LogP contribution in [0, 0.1) is 12.8 Å². The van der Waals surface area contributed by atoms with E-state index in [4.69, 9.17) is 9.47 Å². The summed E-state index contributed by atoms with van der Waals surface area (Å²) >= 11 is 0. The second kappa shape index (κ2) is 11.4. The number of ether oxygens (including phenoxy) is 2. The van der Waals surface area contributed by atoms with Crippen LogP contribution in [0.5, 0.6) is 17.2 Å². The summed E-state index contributed by atoms with van der Waals surface area (Å²) in [7, 11) is 1.61. The highest BCUT2D eigenvalue weighted by atomic mass is 16.5.